The zero-order valence-electron chi connectivity index (χ0n) is 12.8. The van der Waals surface area contributed by atoms with E-state index in [2.05, 4.69) is 41.7 Å². The fraction of sp³-hybridized carbons (Fsp3) is 0.400. The molecule has 2 aromatic rings. The highest BCUT2D eigenvalue weighted by molar-refractivity contribution is 5.45. The summed E-state index contributed by atoms with van der Waals surface area (Å²) in [5.74, 6) is 1.50. The molecular weight excluding hydrogens is 270 g/mol. The van der Waals surface area contributed by atoms with Crippen LogP contribution in [-0.2, 0) is 6.42 Å². The summed E-state index contributed by atoms with van der Waals surface area (Å²) in [4.78, 5) is 0. The molecule has 2 nitrogen and oxygen atoms in total. The molecule has 0 aromatic heterocycles. The second-order valence-electron chi connectivity index (χ2n) is 6.70. The van der Waals surface area contributed by atoms with Gasteiger partial charge < -0.3 is 10.4 Å². The summed E-state index contributed by atoms with van der Waals surface area (Å²) in [6.07, 6.45) is 4.65. The molecule has 0 unspecified atom stereocenters. The largest absolute Gasteiger partial charge is 0.508 e. The van der Waals surface area contributed by atoms with Crippen LogP contribution in [0.2, 0.25) is 0 Å². The maximum absolute atomic E-state index is 10.4. The SMILES string of the molecule is Oc1cccc2c1C[C@@H](c1ccccc1)C[C@H]2[C@H]1CCCN1. The summed E-state index contributed by atoms with van der Waals surface area (Å²) in [7, 11) is 0. The standard InChI is InChI=1S/C20H23NO/c22-20-10-4-8-16-17(19-9-5-11-21-19)12-15(13-18(16)20)14-6-2-1-3-7-14/h1-4,6-8,10,15,17,19,21-22H,5,9,11-13H2/t15-,17+,19+/m0/s1. The van der Waals surface area contributed by atoms with Gasteiger partial charge in [0.15, 0.2) is 0 Å². The number of hydrogen-bond acceptors (Lipinski definition) is 2. The number of hydrogen-bond donors (Lipinski definition) is 2. The quantitative estimate of drug-likeness (QED) is 0.878. The summed E-state index contributed by atoms with van der Waals surface area (Å²) in [6.45, 7) is 1.13. The number of benzene rings is 2. The highest BCUT2D eigenvalue weighted by Gasteiger charge is 2.35. The number of phenols is 1. The fourth-order valence-corrected chi connectivity index (χ4v) is 4.34. The molecule has 1 heterocycles. The van der Waals surface area contributed by atoms with Crippen LogP contribution in [0.3, 0.4) is 0 Å². The van der Waals surface area contributed by atoms with Crippen molar-refractivity contribution < 1.29 is 5.11 Å². The average Bonchev–Trinajstić information content (AvgIpc) is 3.10. The minimum absolute atomic E-state index is 0.473. The molecule has 0 radical (unpaired) electrons. The molecule has 2 aliphatic rings. The molecule has 1 fully saturated rings. The predicted molar refractivity (Wildman–Crippen MR) is 89.4 cm³/mol. The third-order valence-corrected chi connectivity index (χ3v) is 5.43. The lowest BCUT2D eigenvalue weighted by molar-refractivity contribution is 0.390. The Morgan fingerprint density at radius 1 is 1.00 bits per heavy atom. The zero-order valence-corrected chi connectivity index (χ0v) is 12.8. The van der Waals surface area contributed by atoms with E-state index in [1.807, 2.05) is 12.1 Å². The normalized spacial score (nSPS) is 27.5. The van der Waals surface area contributed by atoms with Crippen LogP contribution in [0.1, 0.15) is 47.8 Å². The summed E-state index contributed by atoms with van der Waals surface area (Å²) < 4.78 is 0. The Morgan fingerprint density at radius 3 is 2.64 bits per heavy atom. The first kappa shape index (κ1) is 13.8. The smallest absolute Gasteiger partial charge is 0.119 e. The Kier molecular flexibility index (Phi) is 3.63. The Bertz CT molecular complexity index is 646. The van der Waals surface area contributed by atoms with Crippen molar-refractivity contribution in [3.63, 3.8) is 0 Å². The third kappa shape index (κ3) is 2.42. The summed E-state index contributed by atoms with van der Waals surface area (Å²) in [5, 5.41) is 14.0. The molecule has 1 aliphatic heterocycles. The minimum Gasteiger partial charge on any atom is -0.508 e. The van der Waals surface area contributed by atoms with Gasteiger partial charge in [-0.3, -0.25) is 0 Å². The van der Waals surface area contributed by atoms with Crippen molar-refractivity contribution >= 4 is 0 Å². The highest BCUT2D eigenvalue weighted by Crippen LogP contribution is 2.45. The van der Waals surface area contributed by atoms with Crippen molar-refractivity contribution in [3.05, 3.63) is 65.2 Å². The van der Waals surface area contributed by atoms with Gasteiger partial charge in [0.05, 0.1) is 0 Å². The number of nitrogens with one attached hydrogen (secondary N) is 1. The van der Waals surface area contributed by atoms with Crippen molar-refractivity contribution in [2.24, 2.45) is 0 Å². The van der Waals surface area contributed by atoms with Crippen LogP contribution in [0.15, 0.2) is 48.5 Å². The average molecular weight is 293 g/mol. The monoisotopic (exact) mass is 293 g/mol. The topological polar surface area (TPSA) is 32.3 Å². The summed E-state index contributed by atoms with van der Waals surface area (Å²) in [6, 6.07) is 17.4. The lowest BCUT2D eigenvalue weighted by Gasteiger charge is -2.35. The van der Waals surface area contributed by atoms with E-state index in [9.17, 15) is 5.11 Å². The van der Waals surface area contributed by atoms with Gasteiger partial charge in [-0.1, -0.05) is 42.5 Å². The van der Waals surface area contributed by atoms with Crippen LogP contribution < -0.4 is 5.32 Å². The van der Waals surface area contributed by atoms with E-state index in [0.717, 1.165) is 13.0 Å². The molecule has 2 N–H and O–H groups in total. The van der Waals surface area contributed by atoms with Crippen LogP contribution in [0.4, 0.5) is 0 Å². The molecule has 114 valence electrons. The lowest BCUT2D eigenvalue weighted by Crippen LogP contribution is -2.33. The van der Waals surface area contributed by atoms with E-state index in [4.69, 9.17) is 0 Å². The Labute approximate surface area is 132 Å². The lowest BCUT2D eigenvalue weighted by atomic mass is 9.71. The van der Waals surface area contributed by atoms with Crippen molar-refractivity contribution in [3.8, 4) is 5.75 Å². The Morgan fingerprint density at radius 2 is 1.86 bits per heavy atom. The van der Waals surface area contributed by atoms with Crippen LogP contribution in [0, 0.1) is 0 Å². The van der Waals surface area contributed by atoms with Crippen molar-refractivity contribution in [1.29, 1.82) is 0 Å². The van der Waals surface area contributed by atoms with E-state index in [-0.39, 0.29) is 0 Å². The number of phenolic OH excluding ortho intramolecular Hbond substituents is 1. The third-order valence-electron chi connectivity index (χ3n) is 5.43. The van der Waals surface area contributed by atoms with Gasteiger partial charge in [0, 0.05) is 12.0 Å². The molecule has 22 heavy (non-hydrogen) atoms. The number of aromatic hydroxyl groups is 1. The van der Waals surface area contributed by atoms with Gasteiger partial charge >= 0.3 is 0 Å². The zero-order chi connectivity index (χ0) is 14.9. The van der Waals surface area contributed by atoms with Crippen LogP contribution in [-0.4, -0.2) is 17.7 Å². The Balaban J connectivity index is 1.73. The first-order valence-electron chi connectivity index (χ1n) is 8.42. The molecule has 1 aliphatic carbocycles. The van der Waals surface area contributed by atoms with Crippen LogP contribution in [0.25, 0.3) is 0 Å². The molecule has 0 amide bonds. The minimum atomic E-state index is 0.473. The molecule has 1 saturated heterocycles. The van der Waals surface area contributed by atoms with Crippen molar-refractivity contribution in [2.45, 2.75) is 43.6 Å². The molecule has 4 rings (SSSR count). The van der Waals surface area contributed by atoms with E-state index in [0.29, 0.717) is 23.6 Å². The van der Waals surface area contributed by atoms with Gasteiger partial charge in [-0.15, -0.1) is 0 Å². The molecule has 0 spiro atoms. The first-order valence-corrected chi connectivity index (χ1v) is 8.42. The number of rotatable bonds is 2. The van der Waals surface area contributed by atoms with Crippen LogP contribution >= 0.6 is 0 Å². The van der Waals surface area contributed by atoms with E-state index in [1.54, 1.807) is 0 Å². The maximum Gasteiger partial charge on any atom is 0.119 e. The van der Waals surface area contributed by atoms with Crippen molar-refractivity contribution in [2.75, 3.05) is 6.54 Å². The second-order valence-corrected chi connectivity index (χ2v) is 6.70. The Hall–Kier alpha value is -1.80. The van der Waals surface area contributed by atoms with Gasteiger partial charge in [-0.2, -0.15) is 0 Å². The van der Waals surface area contributed by atoms with Gasteiger partial charge in [-0.25, -0.2) is 0 Å². The van der Waals surface area contributed by atoms with Crippen LogP contribution in [0.5, 0.6) is 5.75 Å². The summed E-state index contributed by atoms with van der Waals surface area (Å²) >= 11 is 0. The molecule has 2 heteroatoms. The molecule has 0 bridgehead atoms. The van der Waals surface area contributed by atoms with Gasteiger partial charge in [0.1, 0.15) is 5.75 Å². The fourth-order valence-electron chi connectivity index (χ4n) is 4.34. The molecule has 0 saturated carbocycles. The predicted octanol–water partition coefficient (Wildman–Crippen LogP) is 3.96. The second kappa shape index (κ2) is 5.77. The van der Waals surface area contributed by atoms with Crippen molar-refractivity contribution in [1.82, 2.24) is 5.32 Å². The molecule has 3 atom stereocenters. The summed E-state index contributed by atoms with van der Waals surface area (Å²) in [5.41, 5.74) is 3.94. The first-order chi connectivity index (χ1) is 10.8. The van der Waals surface area contributed by atoms with Gasteiger partial charge in [-0.05, 0) is 60.9 Å². The van der Waals surface area contributed by atoms with E-state index in [1.165, 1.54) is 36.0 Å². The number of fused-ring (bicyclic) bond motifs is 1. The maximum atomic E-state index is 10.4. The van der Waals surface area contributed by atoms with E-state index < -0.39 is 0 Å². The molecule has 2 aromatic carbocycles. The molecular formula is C20H23NO. The van der Waals surface area contributed by atoms with Gasteiger partial charge in [0.25, 0.3) is 0 Å². The van der Waals surface area contributed by atoms with E-state index >= 15 is 0 Å². The van der Waals surface area contributed by atoms with Gasteiger partial charge in [0.2, 0.25) is 0 Å². The highest BCUT2D eigenvalue weighted by atomic mass is 16.3.